The van der Waals surface area contributed by atoms with Crippen LogP contribution >= 0.6 is 0 Å². The molecule has 0 aliphatic carbocycles. The molecule has 1 heterocycles. The van der Waals surface area contributed by atoms with Crippen LogP contribution in [0.4, 0.5) is 5.69 Å². The molecular formula is C29H29N3O2. The fourth-order valence-corrected chi connectivity index (χ4v) is 4.72. The minimum absolute atomic E-state index is 0.0776. The molecule has 5 N–H and O–H groups in total. The number of amides is 1. The van der Waals surface area contributed by atoms with Gasteiger partial charge in [-0.15, -0.1) is 0 Å². The molecule has 172 valence electrons. The lowest BCUT2D eigenvalue weighted by molar-refractivity contribution is -0.123. The van der Waals surface area contributed by atoms with Crippen molar-refractivity contribution in [3.8, 4) is 5.75 Å². The molecule has 4 aromatic rings. The lowest BCUT2D eigenvalue weighted by Gasteiger charge is -2.29. The van der Waals surface area contributed by atoms with Crippen LogP contribution in [0.3, 0.4) is 0 Å². The highest BCUT2D eigenvalue weighted by Gasteiger charge is 2.24. The second-order valence-corrected chi connectivity index (χ2v) is 9.00. The predicted octanol–water partition coefficient (Wildman–Crippen LogP) is 4.68. The molecule has 1 amide bonds. The van der Waals surface area contributed by atoms with Gasteiger partial charge in [-0.05, 0) is 65.1 Å². The van der Waals surface area contributed by atoms with E-state index in [1.165, 1.54) is 11.1 Å². The zero-order valence-corrected chi connectivity index (χ0v) is 19.0. The number of nitrogens with two attached hydrogens (primary N) is 1. The van der Waals surface area contributed by atoms with Crippen molar-refractivity contribution in [2.75, 3.05) is 11.9 Å². The number of aromatic hydroxyl groups is 1. The molecule has 0 saturated carbocycles. The summed E-state index contributed by atoms with van der Waals surface area (Å²) in [5, 5.41) is 18.5. The van der Waals surface area contributed by atoms with E-state index in [1.54, 1.807) is 6.07 Å². The van der Waals surface area contributed by atoms with E-state index in [-0.39, 0.29) is 17.7 Å². The first kappa shape index (κ1) is 22.0. The summed E-state index contributed by atoms with van der Waals surface area (Å²) in [6.45, 7) is 0.801. The molecule has 5 nitrogen and oxygen atoms in total. The third-order valence-corrected chi connectivity index (χ3v) is 6.52. The van der Waals surface area contributed by atoms with E-state index in [1.807, 2.05) is 36.4 Å². The quantitative estimate of drug-likeness (QED) is 0.343. The molecule has 0 aromatic heterocycles. The van der Waals surface area contributed by atoms with Gasteiger partial charge in [0, 0.05) is 17.6 Å². The third-order valence-electron chi connectivity index (χ3n) is 6.52. The molecular weight excluding hydrogens is 422 g/mol. The van der Waals surface area contributed by atoms with E-state index in [2.05, 4.69) is 53.1 Å². The summed E-state index contributed by atoms with van der Waals surface area (Å²) in [6, 6.07) is 27.3. The van der Waals surface area contributed by atoms with Crippen molar-refractivity contribution in [3.05, 3.63) is 107 Å². The third kappa shape index (κ3) is 4.75. The van der Waals surface area contributed by atoms with E-state index < -0.39 is 6.04 Å². The van der Waals surface area contributed by atoms with Crippen molar-refractivity contribution in [1.29, 1.82) is 0 Å². The van der Waals surface area contributed by atoms with Crippen LogP contribution in [0, 0.1) is 0 Å². The Balaban J connectivity index is 1.29. The molecule has 0 spiro atoms. The van der Waals surface area contributed by atoms with Gasteiger partial charge >= 0.3 is 0 Å². The summed E-state index contributed by atoms with van der Waals surface area (Å²) >= 11 is 0. The molecule has 1 aliphatic heterocycles. The number of rotatable bonds is 6. The number of fused-ring (bicyclic) bond motifs is 2. The van der Waals surface area contributed by atoms with Crippen LogP contribution in [0.5, 0.6) is 5.75 Å². The van der Waals surface area contributed by atoms with Crippen molar-refractivity contribution in [2.24, 2.45) is 5.73 Å². The van der Waals surface area contributed by atoms with Crippen LogP contribution in [0.2, 0.25) is 0 Å². The number of hydrogen-bond donors (Lipinski definition) is 4. The van der Waals surface area contributed by atoms with Gasteiger partial charge in [-0.2, -0.15) is 0 Å². The van der Waals surface area contributed by atoms with Gasteiger partial charge in [-0.1, -0.05) is 66.7 Å². The molecule has 1 aliphatic rings. The van der Waals surface area contributed by atoms with Gasteiger partial charge in [-0.3, -0.25) is 4.79 Å². The Morgan fingerprint density at radius 2 is 1.79 bits per heavy atom. The van der Waals surface area contributed by atoms with E-state index in [9.17, 15) is 9.90 Å². The number of nitrogens with one attached hydrogen (secondary N) is 2. The molecule has 0 fully saturated rings. The summed E-state index contributed by atoms with van der Waals surface area (Å²) in [6.07, 6.45) is 2.06. The van der Waals surface area contributed by atoms with Gasteiger partial charge in [0.1, 0.15) is 5.75 Å². The highest BCUT2D eigenvalue weighted by Crippen LogP contribution is 2.31. The first-order chi connectivity index (χ1) is 16.6. The normalized spacial score (nSPS) is 15.9. The lowest BCUT2D eigenvalue weighted by atomic mass is 9.93. The standard InChI is InChI=1S/C29H29N3O2/c30-25(18-21-9-11-22-7-4-8-28(33)23(22)16-21)29(34)32-27-13-14-31-26-12-10-20(17-24(26)27)15-19-5-2-1-3-6-19/h1-12,16-17,25,27,31,33H,13-15,18,30H2,(H,32,34)/t25-,27+/m0/s1. The maximum Gasteiger partial charge on any atom is 0.237 e. The van der Waals surface area contributed by atoms with Gasteiger partial charge in [0.2, 0.25) is 5.91 Å². The summed E-state index contributed by atoms with van der Waals surface area (Å²) in [4.78, 5) is 13.0. The minimum atomic E-state index is -0.672. The van der Waals surface area contributed by atoms with Crippen LogP contribution in [0.15, 0.2) is 84.9 Å². The van der Waals surface area contributed by atoms with E-state index in [0.29, 0.717) is 6.42 Å². The Morgan fingerprint density at radius 1 is 0.971 bits per heavy atom. The summed E-state index contributed by atoms with van der Waals surface area (Å²) in [7, 11) is 0. The Morgan fingerprint density at radius 3 is 2.65 bits per heavy atom. The monoisotopic (exact) mass is 451 g/mol. The lowest BCUT2D eigenvalue weighted by Crippen LogP contribution is -2.44. The molecule has 5 heteroatoms. The second kappa shape index (κ2) is 9.57. The molecule has 0 saturated heterocycles. The van der Waals surface area contributed by atoms with Gasteiger partial charge in [0.15, 0.2) is 0 Å². The predicted molar refractivity (Wildman–Crippen MR) is 137 cm³/mol. The average Bonchev–Trinajstić information content (AvgIpc) is 2.85. The summed E-state index contributed by atoms with van der Waals surface area (Å²) in [5.41, 5.74) is 11.9. The first-order valence-corrected chi connectivity index (χ1v) is 11.7. The minimum Gasteiger partial charge on any atom is -0.507 e. The van der Waals surface area contributed by atoms with Gasteiger partial charge in [-0.25, -0.2) is 0 Å². The first-order valence-electron chi connectivity index (χ1n) is 11.7. The van der Waals surface area contributed by atoms with Gasteiger partial charge in [0.25, 0.3) is 0 Å². The van der Waals surface area contributed by atoms with Crippen molar-refractivity contribution in [3.63, 3.8) is 0 Å². The molecule has 0 radical (unpaired) electrons. The van der Waals surface area contributed by atoms with Crippen LogP contribution in [-0.2, 0) is 17.6 Å². The SMILES string of the molecule is N[C@@H](Cc1ccc2cccc(O)c2c1)C(=O)N[C@@H]1CCNc2ccc(Cc3ccccc3)cc21. The van der Waals surface area contributed by atoms with Crippen LogP contribution in [0.1, 0.15) is 34.7 Å². The highest BCUT2D eigenvalue weighted by atomic mass is 16.3. The molecule has 4 aromatic carbocycles. The fourth-order valence-electron chi connectivity index (χ4n) is 4.72. The number of anilines is 1. The number of hydrogen-bond acceptors (Lipinski definition) is 4. The van der Waals surface area contributed by atoms with E-state index in [0.717, 1.165) is 47.0 Å². The Labute approximate surface area is 199 Å². The maximum atomic E-state index is 13.0. The number of phenolic OH excluding ortho intramolecular Hbond substituents is 1. The van der Waals surface area contributed by atoms with E-state index in [4.69, 9.17) is 5.73 Å². The van der Waals surface area contributed by atoms with Crippen molar-refractivity contribution in [1.82, 2.24) is 5.32 Å². The van der Waals surface area contributed by atoms with Crippen molar-refractivity contribution in [2.45, 2.75) is 31.3 Å². The molecule has 2 atom stereocenters. The van der Waals surface area contributed by atoms with Crippen LogP contribution in [-0.4, -0.2) is 23.6 Å². The number of carbonyl (C=O) groups is 1. The largest absolute Gasteiger partial charge is 0.507 e. The van der Waals surface area contributed by atoms with Crippen LogP contribution < -0.4 is 16.4 Å². The Kier molecular flexibility index (Phi) is 6.19. The molecule has 0 unspecified atom stereocenters. The zero-order valence-electron chi connectivity index (χ0n) is 19.0. The Bertz CT molecular complexity index is 1320. The van der Waals surface area contributed by atoms with Gasteiger partial charge in [0.05, 0.1) is 12.1 Å². The fraction of sp³-hybridized carbons (Fsp3) is 0.207. The number of phenols is 1. The highest BCUT2D eigenvalue weighted by molar-refractivity contribution is 5.89. The van der Waals surface area contributed by atoms with E-state index >= 15 is 0 Å². The maximum absolute atomic E-state index is 13.0. The molecule has 0 bridgehead atoms. The average molecular weight is 452 g/mol. The number of carbonyl (C=O) groups excluding carboxylic acids is 1. The van der Waals surface area contributed by atoms with Gasteiger partial charge < -0.3 is 21.5 Å². The zero-order chi connectivity index (χ0) is 23.5. The molecule has 34 heavy (non-hydrogen) atoms. The molecule has 5 rings (SSSR count). The summed E-state index contributed by atoms with van der Waals surface area (Å²) in [5.74, 6) is 0.0682. The Hall–Kier alpha value is -3.83. The van der Waals surface area contributed by atoms with Crippen molar-refractivity contribution < 1.29 is 9.90 Å². The number of benzene rings is 4. The topological polar surface area (TPSA) is 87.4 Å². The smallest absolute Gasteiger partial charge is 0.237 e. The van der Waals surface area contributed by atoms with Crippen LogP contribution in [0.25, 0.3) is 10.8 Å². The second-order valence-electron chi connectivity index (χ2n) is 9.00. The summed E-state index contributed by atoms with van der Waals surface area (Å²) < 4.78 is 0. The van der Waals surface area contributed by atoms with Crippen molar-refractivity contribution >= 4 is 22.4 Å².